The van der Waals surface area contributed by atoms with Gasteiger partial charge >= 0.3 is 0 Å². The van der Waals surface area contributed by atoms with Crippen LogP contribution in [0.15, 0.2) is 35.1 Å². The van der Waals surface area contributed by atoms with E-state index in [-0.39, 0.29) is 24.0 Å². The molecule has 1 amide bonds. The van der Waals surface area contributed by atoms with E-state index in [2.05, 4.69) is 9.97 Å². The number of nitrogens with two attached hydrogens (primary N) is 1. The fourth-order valence-electron chi connectivity index (χ4n) is 2.95. The summed E-state index contributed by atoms with van der Waals surface area (Å²) < 4.78 is 5.56. The number of carbonyl (C=O) groups excluding carboxylic acids is 1. The van der Waals surface area contributed by atoms with Gasteiger partial charge in [-0.1, -0.05) is 18.2 Å². The van der Waals surface area contributed by atoms with E-state index in [1.807, 2.05) is 30.0 Å². The van der Waals surface area contributed by atoms with Crippen molar-refractivity contribution >= 4 is 17.7 Å². The average molecular weight is 373 g/mol. The molecule has 0 unspecified atom stereocenters. The zero-order valence-electron chi connectivity index (χ0n) is 15.1. The van der Waals surface area contributed by atoms with Crippen LogP contribution in [0, 0.1) is 6.92 Å². The zero-order chi connectivity index (χ0) is 19.4. The standard InChI is InChI=1S/C18H23N5O4/c1-12-4-2-3-5-14(12)27-11-13(24)17(26)23-8-6-22(7-9-23)15-10-16(25)21-18(19)20-15/h2-5,10,13,24H,6-9,11H2,1H3,(H3,19,20,21,25)/t13-/m1/s1. The third-order valence-corrected chi connectivity index (χ3v) is 4.44. The lowest BCUT2D eigenvalue weighted by molar-refractivity contribution is -0.142. The molecule has 1 aliphatic rings. The van der Waals surface area contributed by atoms with Crippen LogP contribution in [-0.2, 0) is 4.79 Å². The number of ether oxygens (including phenoxy) is 1. The number of nitrogen functional groups attached to an aromatic ring is 1. The number of aliphatic hydroxyl groups is 1. The number of aromatic amines is 1. The Morgan fingerprint density at radius 2 is 2.04 bits per heavy atom. The van der Waals surface area contributed by atoms with Crippen molar-refractivity contribution in [2.45, 2.75) is 13.0 Å². The summed E-state index contributed by atoms with van der Waals surface area (Å²) in [5, 5.41) is 10.2. The smallest absolute Gasteiger partial charge is 0.255 e. The third-order valence-electron chi connectivity index (χ3n) is 4.44. The van der Waals surface area contributed by atoms with Crippen molar-refractivity contribution in [3.8, 4) is 5.75 Å². The Morgan fingerprint density at radius 3 is 2.70 bits per heavy atom. The number of aromatic nitrogens is 2. The predicted molar refractivity (Wildman–Crippen MR) is 101 cm³/mol. The second-order valence-electron chi connectivity index (χ2n) is 6.39. The Balaban J connectivity index is 1.53. The lowest BCUT2D eigenvalue weighted by Gasteiger charge is -2.36. The molecule has 1 aromatic carbocycles. The maximum Gasteiger partial charge on any atom is 0.255 e. The number of amides is 1. The summed E-state index contributed by atoms with van der Waals surface area (Å²) in [6, 6.07) is 8.81. The Kier molecular flexibility index (Phi) is 5.60. The number of aryl methyl sites for hydroxylation is 1. The largest absolute Gasteiger partial charge is 0.490 e. The van der Waals surface area contributed by atoms with Gasteiger partial charge in [0.2, 0.25) is 5.95 Å². The lowest BCUT2D eigenvalue weighted by Crippen LogP contribution is -2.52. The summed E-state index contributed by atoms with van der Waals surface area (Å²) in [5.41, 5.74) is 6.19. The van der Waals surface area contributed by atoms with E-state index in [9.17, 15) is 14.7 Å². The number of H-pyrrole nitrogens is 1. The first-order valence-corrected chi connectivity index (χ1v) is 8.71. The van der Waals surface area contributed by atoms with E-state index >= 15 is 0 Å². The Hall–Kier alpha value is -3.07. The molecule has 144 valence electrons. The number of aliphatic hydroxyl groups excluding tert-OH is 1. The second kappa shape index (κ2) is 8.09. The third kappa shape index (κ3) is 4.56. The van der Waals surface area contributed by atoms with Crippen LogP contribution in [0.25, 0.3) is 0 Å². The van der Waals surface area contributed by atoms with Crippen LogP contribution in [0.2, 0.25) is 0 Å². The topological polar surface area (TPSA) is 125 Å². The molecule has 1 aliphatic heterocycles. The van der Waals surface area contributed by atoms with Crippen LogP contribution in [0.5, 0.6) is 5.75 Å². The van der Waals surface area contributed by atoms with Crippen molar-refractivity contribution in [1.82, 2.24) is 14.9 Å². The van der Waals surface area contributed by atoms with Crippen molar-refractivity contribution in [1.29, 1.82) is 0 Å². The van der Waals surface area contributed by atoms with Crippen LogP contribution in [-0.4, -0.2) is 64.8 Å². The van der Waals surface area contributed by atoms with E-state index in [1.165, 1.54) is 6.07 Å². The molecule has 1 fully saturated rings. The number of para-hydroxylation sites is 1. The van der Waals surface area contributed by atoms with Crippen molar-refractivity contribution in [3.05, 3.63) is 46.2 Å². The highest BCUT2D eigenvalue weighted by Crippen LogP contribution is 2.17. The number of hydrogen-bond donors (Lipinski definition) is 3. The molecule has 0 spiro atoms. The van der Waals surface area contributed by atoms with Crippen LogP contribution >= 0.6 is 0 Å². The molecule has 2 aromatic rings. The van der Waals surface area contributed by atoms with Gasteiger partial charge in [0.25, 0.3) is 11.5 Å². The number of hydrogen-bond acceptors (Lipinski definition) is 7. The highest BCUT2D eigenvalue weighted by atomic mass is 16.5. The van der Waals surface area contributed by atoms with Gasteiger partial charge in [-0.3, -0.25) is 14.6 Å². The molecule has 0 saturated carbocycles. The highest BCUT2D eigenvalue weighted by molar-refractivity contribution is 5.81. The Bertz CT molecular complexity index is 861. The minimum absolute atomic E-state index is 0.0554. The summed E-state index contributed by atoms with van der Waals surface area (Å²) in [4.78, 5) is 33.9. The van der Waals surface area contributed by atoms with Crippen LogP contribution < -0.4 is 20.9 Å². The van der Waals surface area contributed by atoms with Crippen molar-refractivity contribution in [3.63, 3.8) is 0 Å². The predicted octanol–water partition coefficient (Wildman–Crippen LogP) is -0.251. The quantitative estimate of drug-likeness (QED) is 0.660. The first kappa shape index (κ1) is 18.7. The van der Waals surface area contributed by atoms with Gasteiger partial charge < -0.3 is 25.4 Å². The van der Waals surface area contributed by atoms with Gasteiger partial charge in [0.1, 0.15) is 18.2 Å². The molecule has 9 nitrogen and oxygen atoms in total. The molecule has 3 rings (SSSR count). The molecule has 4 N–H and O–H groups in total. The van der Waals surface area contributed by atoms with Gasteiger partial charge in [-0.25, -0.2) is 0 Å². The van der Waals surface area contributed by atoms with Crippen molar-refractivity contribution < 1.29 is 14.6 Å². The Labute approximate surface area is 156 Å². The number of benzene rings is 1. The molecule has 1 aromatic heterocycles. The Morgan fingerprint density at radius 1 is 1.33 bits per heavy atom. The van der Waals surface area contributed by atoms with E-state index < -0.39 is 6.10 Å². The summed E-state index contributed by atoms with van der Waals surface area (Å²) in [5.74, 6) is 0.806. The van der Waals surface area contributed by atoms with Crippen LogP contribution in [0.4, 0.5) is 11.8 Å². The van der Waals surface area contributed by atoms with Crippen LogP contribution in [0.3, 0.4) is 0 Å². The monoisotopic (exact) mass is 373 g/mol. The van der Waals surface area contributed by atoms with Gasteiger partial charge in [0.05, 0.1) is 0 Å². The molecule has 27 heavy (non-hydrogen) atoms. The number of nitrogens with one attached hydrogen (secondary N) is 1. The first-order valence-electron chi connectivity index (χ1n) is 8.71. The number of carbonyl (C=O) groups is 1. The summed E-state index contributed by atoms with van der Waals surface area (Å²) in [6.45, 7) is 3.61. The zero-order valence-corrected chi connectivity index (χ0v) is 15.1. The lowest BCUT2D eigenvalue weighted by atomic mass is 10.2. The van der Waals surface area contributed by atoms with E-state index in [4.69, 9.17) is 10.5 Å². The molecular weight excluding hydrogens is 350 g/mol. The van der Waals surface area contributed by atoms with Crippen LogP contribution in [0.1, 0.15) is 5.56 Å². The molecule has 0 radical (unpaired) electrons. The summed E-state index contributed by atoms with van der Waals surface area (Å²) >= 11 is 0. The summed E-state index contributed by atoms with van der Waals surface area (Å²) in [6.07, 6.45) is -1.23. The minimum Gasteiger partial charge on any atom is -0.490 e. The van der Waals surface area contributed by atoms with Crippen molar-refractivity contribution in [2.75, 3.05) is 43.4 Å². The first-order chi connectivity index (χ1) is 12.9. The summed E-state index contributed by atoms with van der Waals surface area (Å²) in [7, 11) is 0. The normalized spacial score (nSPS) is 15.5. The second-order valence-corrected chi connectivity index (χ2v) is 6.39. The van der Waals surface area contributed by atoms with Gasteiger partial charge in [-0.2, -0.15) is 4.98 Å². The fourth-order valence-corrected chi connectivity index (χ4v) is 2.95. The number of rotatable bonds is 5. The maximum absolute atomic E-state index is 12.4. The molecule has 0 aliphatic carbocycles. The van der Waals surface area contributed by atoms with Gasteiger partial charge in [0, 0.05) is 32.2 Å². The average Bonchev–Trinajstić information content (AvgIpc) is 2.66. The molecular formula is C18H23N5O4. The van der Waals surface area contributed by atoms with E-state index in [0.29, 0.717) is 37.7 Å². The molecule has 2 heterocycles. The van der Waals surface area contributed by atoms with Gasteiger partial charge in [0.15, 0.2) is 6.10 Å². The SMILES string of the molecule is Cc1ccccc1OC[C@@H](O)C(=O)N1CCN(c2cc(=O)[nH]c(N)n2)CC1. The highest BCUT2D eigenvalue weighted by Gasteiger charge is 2.27. The molecule has 1 atom stereocenters. The molecule has 1 saturated heterocycles. The molecule has 9 heteroatoms. The van der Waals surface area contributed by atoms with Gasteiger partial charge in [-0.15, -0.1) is 0 Å². The molecule has 0 bridgehead atoms. The maximum atomic E-state index is 12.4. The number of nitrogens with zero attached hydrogens (tertiary/aromatic N) is 3. The fraction of sp³-hybridized carbons (Fsp3) is 0.389. The van der Waals surface area contributed by atoms with E-state index in [0.717, 1.165) is 5.56 Å². The van der Waals surface area contributed by atoms with Gasteiger partial charge in [-0.05, 0) is 18.6 Å². The number of piperazine rings is 1. The van der Waals surface area contributed by atoms with Crippen molar-refractivity contribution in [2.24, 2.45) is 0 Å². The van der Waals surface area contributed by atoms with E-state index in [1.54, 1.807) is 11.0 Å². The number of anilines is 2. The minimum atomic E-state index is -1.23.